The number of nitrogens with zero attached hydrogens (tertiary/aromatic N) is 1. The zero-order chi connectivity index (χ0) is 20.0. The van der Waals surface area contributed by atoms with Gasteiger partial charge in [0.05, 0.1) is 19.1 Å². The maximum Gasteiger partial charge on any atom is 0.342 e. The second-order valence-corrected chi connectivity index (χ2v) is 5.52. The third-order valence-electron chi connectivity index (χ3n) is 3.39. The molecule has 0 atom stereocenters. The van der Waals surface area contributed by atoms with Crippen molar-refractivity contribution in [1.82, 2.24) is 0 Å². The van der Waals surface area contributed by atoms with Gasteiger partial charge in [0.2, 0.25) is 0 Å². The number of carbonyl (C=O) groups excluding carboxylic acids is 2. The van der Waals surface area contributed by atoms with Gasteiger partial charge in [-0.15, -0.1) is 0 Å². The van der Waals surface area contributed by atoms with Gasteiger partial charge >= 0.3 is 5.97 Å². The highest BCUT2D eigenvalue weighted by Crippen LogP contribution is 2.31. The number of carbonyl (C=O) groups is 2. The van der Waals surface area contributed by atoms with E-state index in [0.29, 0.717) is 5.75 Å². The molecule has 9 nitrogen and oxygen atoms in total. The quantitative estimate of drug-likeness (QED) is 0.435. The van der Waals surface area contributed by atoms with Crippen molar-refractivity contribution in [3.63, 3.8) is 0 Å². The summed E-state index contributed by atoms with van der Waals surface area (Å²) in [6, 6.07) is 8.38. The van der Waals surface area contributed by atoms with Crippen LogP contribution in [-0.2, 0) is 9.53 Å². The Morgan fingerprint density at radius 1 is 1.19 bits per heavy atom. The van der Waals surface area contributed by atoms with Crippen molar-refractivity contribution < 1.29 is 28.7 Å². The van der Waals surface area contributed by atoms with E-state index in [2.05, 4.69) is 5.32 Å². The first-order chi connectivity index (χ1) is 12.9. The fourth-order valence-corrected chi connectivity index (χ4v) is 2.37. The Morgan fingerprint density at radius 2 is 1.93 bits per heavy atom. The SMILES string of the molecule is COc1cccc(C(=O)OCC(=O)Nc2ccc(Cl)cc2[N+](=O)[O-])c1OC. The second-order valence-electron chi connectivity index (χ2n) is 5.08. The number of halogens is 1. The molecule has 0 bridgehead atoms. The molecule has 142 valence electrons. The molecule has 0 aliphatic heterocycles. The normalized spacial score (nSPS) is 10.0. The Labute approximate surface area is 158 Å². The van der Waals surface area contributed by atoms with E-state index >= 15 is 0 Å². The van der Waals surface area contributed by atoms with E-state index in [0.717, 1.165) is 6.07 Å². The smallest absolute Gasteiger partial charge is 0.342 e. The number of nitrogens with one attached hydrogen (secondary N) is 1. The number of esters is 1. The maximum absolute atomic E-state index is 12.2. The lowest BCUT2D eigenvalue weighted by molar-refractivity contribution is -0.383. The zero-order valence-electron chi connectivity index (χ0n) is 14.4. The van der Waals surface area contributed by atoms with Crippen LogP contribution in [0.2, 0.25) is 5.02 Å². The molecule has 0 saturated heterocycles. The Hall–Kier alpha value is -3.33. The highest BCUT2D eigenvalue weighted by Gasteiger charge is 2.20. The summed E-state index contributed by atoms with van der Waals surface area (Å²) >= 11 is 5.71. The number of anilines is 1. The van der Waals surface area contributed by atoms with Crippen LogP contribution in [0.1, 0.15) is 10.4 Å². The number of amides is 1. The standard InChI is InChI=1S/C17H15ClN2O7/c1-25-14-5-3-4-11(16(14)26-2)17(22)27-9-15(21)19-12-7-6-10(18)8-13(12)20(23)24/h3-8H,9H2,1-2H3,(H,19,21). The predicted molar refractivity (Wildman–Crippen MR) is 96.6 cm³/mol. The van der Waals surface area contributed by atoms with Crippen LogP contribution < -0.4 is 14.8 Å². The minimum Gasteiger partial charge on any atom is -0.493 e. The Balaban J connectivity index is 2.07. The maximum atomic E-state index is 12.2. The number of para-hydroxylation sites is 1. The van der Waals surface area contributed by atoms with Gasteiger partial charge in [-0.2, -0.15) is 0 Å². The lowest BCUT2D eigenvalue weighted by Crippen LogP contribution is -2.21. The van der Waals surface area contributed by atoms with Gasteiger partial charge < -0.3 is 19.5 Å². The van der Waals surface area contributed by atoms with Crippen LogP contribution in [0.3, 0.4) is 0 Å². The highest BCUT2D eigenvalue weighted by molar-refractivity contribution is 6.31. The Morgan fingerprint density at radius 3 is 2.56 bits per heavy atom. The molecule has 2 aromatic carbocycles. The van der Waals surface area contributed by atoms with Gasteiger partial charge in [-0.3, -0.25) is 14.9 Å². The number of nitro groups is 1. The fourth-order valence-electron chi connectivity index (χ4n) is 2.20. The van der Waals surface area contributed by atoms with Crippen molar-refractivity contribution in [2.45, 2.75) is 0 Å². The number of hydrogen-bond acceptors (Lipinski definition) is 7. The second kappa shape index (κ2) is 8.86. The lowest BCUT2D eigenvalue weighted by Gasteiger charge is -2.12. The molecule has 1 amide bonds. The summed E-state index contributed by atoms with van der Waals surface area (Å²) in [5.74, 6) is -1.07. The van der Waals surface area contributed by atoms with Crippen molar-refractivity contribution in [2.75, 3.05) is 26.1 Å². The van der Waals surface area contributed by atoms with E-state index in [-0.39, 0.29) is 27.7 Å². The van der Waals surface area contributed by atoms with E-state index in [9.17, 15) is 19.7 Å². The van der Waals surface area contributed by atoms with E-state index < -0.39 is 23.4 Å². The van der Waals surface area contributed by atoms with Crippen molar-refractivity contribution in [2.24, 2.45) is 0 Å². The Bertz CT molecular complexity index is 886. The third-order valence-corrected chi connectivity index (χ3v) is 3.62. The molecule has 0 fully saturated rings. The van der Waals surface area contributed by atoms with Crippen LogP contribution >= 0.6 is 11.6 Å². The number of rotatable bonds is 7. The van der Waals surface area contributed by atoms with E-state index in [1.165, 1.54) is 32.4 Å². The largest absolute Gasteiger partial charge is 0.493 e. The van der Waals surface area contributed by atoms with Crippen molar-refractivity contribution >= 4 is 34.9 Å². The average molecular weight is 395 g/mol. The van der Waals surface area contributed by atoms with Crippen molar-refractivity contribution in [3.05, 3.63) is 57.1 Å². The lowest BCUT2D eigenvalue weighted by atomic mass is 10.2. The van der Waals surface area contributed by atoms with Gasteiger partial charge in [-0.05, 0) is 24.3 Å². The number of methoxy groups -OCH3 is 2. The minimum atomic E-state index is -0.813. The number of nitro benzene ring substituents is 1. The van der Waals surface area contributed by atoms with Gasteiger partial charge in [-0.25, -0.2) is 4.79 Å². The molecular formula is C17H15ClN2O7. The molecule has 0 saturated carbocycles. The van der Waals surface area contributed by atoms with Crippen LogP contribution in [0, 0.1) is 10.1 Å². The van der Waals surface area contributed by atoms with Gasteiger partial charge in [0.1, 0.15) is 11.3 Å². The number of benzene rings is 2. The first-order valence-electron chi connectivity index (χ1n) is 7.49. The molecule has 0 aliphatic carbocycles. The molecule has 0 spiro atoms. The molecule has 0 radical (unpaired) electrons. The summed E-state index contributed by atoms with van der Waals surface area (Å²) in [6.45, 7) is -0.654. The van der Waals surface area contributed by atoms with E-state index in [4.69, 9.17) is 25.8 Å². The van der Waals surface area contributed by atoms with Crippen LogP contribution in [0.15, 0.2) is 36.4 Å². The summed E-state index contributed by atoms with van der Waals surface area (Å²) < 4.78 is 15.2. The number of hydrogen-bond donors (Lipinski definition) is 1. The van der Waals surface area contributed by atoms with Crippen LogP contribution in [0.25, 0.3) is 0 Å². The van der Waals surface area contributed by atoms with E-state index in [1.54, 1.807) is 12.1 Å². The highest BCUT2D eigenvalue weighted by atomic mass is 35.5. The molecular weight excluding hydrogens is 380 g/mol. The summed E-state index contributed by atoms with van der Waals surface area (Å²) in [5, 5.41) is 13.5. The topological polar surface area (TPSA) is 117 Å². The van der Waals surface area contributed by atoms with Crippen LogP contribution in [0.5, 0.6) is 11.5 Å². The Kier molecular flexibility index (Phi) is 6.56. The van der Waals surface area contributed by atoms with Gasteiger partial charge in [0.15, 0.2) is 18.1 Å². The third kappa shape index (κ3) is 4.85. The zero-order valence-corrected chi connectivity index (χ0v) is 15.1. The summed E-state index contributed by atoms with van der Waals surface area (Å²) in [5.41, 5.74) is -0.372. The molecule has 2 rings (SSSR count). The molecule has 0 unspecified atom stereocenters. The van der Waals surface area contributed by atoms with Gasteiger partial charge in [0.25, 0.3) is 11.6 Å². The van der Waals surface area contributed by atoms with Crippen LogP contribution in [-0.4, -0.2) is 37.6 Å². The monoisotopic (exact) mass is 394 g/mol. The molecule has 0 aromatic heterocycles. The fraction of sp³-hybridized carbons (Fsp3) is 0.176. The first-order valence-corrected chi connectivity index (χ1v) is 7.87. The van der Waals surface area contributed by atoms with Crippen molar-refractivity contribution in [1.29, 1.82) is 0 Å². The molecule has 0 heterocycles. The average Bonchev–Trinajstić information content (AvgIpc) is 2.66. The predicted octanol–water partition coefficient (Wildman–Crippen LogP) is 3.06. The number of ether oxygens (including phenoxy) is 3. The molecule has 0 aliphatic rings. The molecule has 10 heteroatoms. The summed E-state index contributed by atoms with van der Waals surface area (Å²) in [7, 11) is 2.78. The van der Waals surface area contributed by atoms with E-state index in [1.807, 2.05) is 0 Å². The van der Waals surface area contributed by atoms with Crippen LogP contribution in [0.4, 0.5) is 11.4 Å². The molecule has 27 heavy (non-hydrogen) atoms. The first kappa shape index (κ1) is 20.0. The van der Waals surface area contributed by atoms with Gasteiger partial charge in [0, 0.05) is 11.1 Å². The van der Waals surface area contributed by atoms with Gasteiger partial charge in [-0.1, -0.05) is 17.7 Å². The van der Waals surface area contributed by atoms with Crippen molar-refractivity contribution in [3.8, 4) is 11.5 Å². The summed E-state index contributed by atoms with van der Waals surface area (Å²) in [4.78, 5) is 34.5. The summed E-state index contributed by atoms with van der Waals surface area (Å²) in [6.07, 6.45) is 0. The molecule has 2 aromatic rings. The molecule has 1 N–H and O–H groups in total. The minimum absolute atomic E-state index is 0.0654.